The van der Waals surface area contributed by atoms with Gasteiger partial charge in [-0.15, -0.1) is 0 Å². The van der Waals surface area contributed by atoms with Crippen LogP contribution in [0.4, 0.5) is 0 Å². The second kappa shape index (κ2) is 8.72. The van der Waals surface area contributed by atoms with E-state index in [4.69, 9.17) is 7.16 Å². The zero-order valence-corrected chi connectivity index (χ0v) is 20.7. The van der Waals surface area contributed by atoms with Gasteiger partial charge in [0.05, 0.1) is 9.60 Å². The van der Waals surface area contributed by atoms with E-state index in [1.807, 2.05) is 103 Å². The van der Waals surface area contributed by atoms with Crippen molar-refractivity contribution in [3.63, 3.8) is 0 Å². The Bertz CT molecular complexity index is 2540. The van der Waals surface area contributed by atoms with Gasteiger partial charge in [-0.3, -0.25) is 0 Å². The number of furan rings is 1. The van der Waals surface area contributed by atoms with E-state index in [2.05, 4.69) is 0 Å². The number of rotatable bonds is 3. The summed E-state index contributed by atoms with van der Waals surface area (Å²) in [5.41, 5.74) is 4.20. The highest BCUT2D eigenvalue weighted by atomic mass is 16.3. The molecule has 7 aromatic carbocycles. The molecule has 0 unspecified atom stereocenters. The van der Waals surface area contributed by atoms with Crippen LogP contribution in [0, 0.1) is 0 Å². The third-order valence-electron chi connectivity index (χ3n) is 7.29. The van der Waals surface area contributed by atoms with E-state index in [0.717, 1.165) is 10.8 Å². The van der Waals surface area contributed by atoms with Crippen molar-refractivity contribution >= 4 is 43.5 Å². The summed E-state index contributed by atoms with van der Waals surface area (Å²) in [6.07, 6.45) is 0. The summed E-state index contributed by atoms with van der Waals surface area (Å²) in [6.45, 7) is 0. The van der Waals surface area contributed by atoms with Crippen LogP contribution < -0.4 is 0 Å². The average molecular weight is 504 g/mol. The molecule has 0 saturated carbocycles. The second-order valence-electron chi connectivity index (χ2n) is 9.54. The highest BCUT2D eigenvalue weighted by Gasteiger charge is 2.18. The normalized spacial score (nSPS) is 14.1. The van der Waals surface area contributed by atoms with Crippen LogP contribution >= 0.6 is 0 Å². The molecule has 1 aromatic heterocycles. The molecule has 1 nitrogen and oxygen atoms in total. The predicted molar refractivity (Wildman–Crippen MR) is 165 cm³/mol. The molecule has 39 heavy (non-hydrogen) atoms. The van der Waals surface area contributed by atoms with Crippen LogP contribution in [-0.2, 0) is 0 Å². The largest absolute Gasteiger partial charge is 0.456 e. The molecule has 8 aromatic rings. The van der Waals surface area contributed by atoms with Crippen molar-refractivity contribution in [3.05, 3.63) is 145 Å². The molecule has 0 aliphatic heterocycles. The second-order valence-corrected chi connectivity index (χ2v) is 9.54. The Labute approximate surface area is 236 Å². The molecule has 1 heterocycles. The highest BCUT2D eigenvalue weighted by molar-refractivity contribution is 6.22. The smallest absolute Gasteiger partial charge is 0.136 e. The fourth-order valence-corrected chi connectivity index (χ4v) is 5.53. The van der Waals surface area contributed by atoms with Gasteiger partial charge in [0.2, 0.25) is 0 Å². The standard InChI is InChI=1S/C38H24O/c1-3-11-25(12-4-1)27-19-22-33-34(23-27)37(26-13-5-2-6-14-26)31-16-7-8-17-32(31)38(33)28-20-21-30-29-15-9-10-18-35(29)39-36(30)24-28/h1-24H/i7D,8D,16D,17D,19D,22D,23D. The first-order chi connectivity index (χ1) is 22.3. The number of para-hydroxylation sites is 1. The van der Waals surface area contributed by atoms with Crippen LogP contribution in [0.2, 0.25) is 0 Å². The summed E-state index contributed by atoms with van der Waals surface area (Å²) < 4.78 is 70.2. The van der Waals surface area contributed by atoms with Gasteiger partial charge in [-0.25, -0.2) is 0 Å². The first-order valence-corrected chi connectivity index (χ1v) is 12.8. The van der Waals surface area contributed by atoms with Gasteiger partial charge in [0.25, 0.3) is 0 Å². The van der Waals surface area contributed by atoms with Crippen molar-refractivity contribution in [2.24, 2.45) is 0 Å². The Morgan fingerprint density at radius 2 is 1.03 bits per heavy atom. The van der Waals surface area contributed by atoms with Gasteiger partial charge in [-0.05, 0) is 79.2 Å². The maximum Gasteiger partial charge on any atom is 0.136 e. The fourth-order valence-electron chi connectivity index (χ4n) is 5.53. The summed E-state index contributed by atoms with van der Waals surface area (Å²) >= 11 is 0. The third kappa shape index (κ3) is 3.48. The van der Waals surface area contributed by atoms with Crippen molar-refractivity contribution in [1.82, 2.24) is 0 Å². The van der Waals surface area contributed by atoms with Crippen LogP contribution in [0.5, 0.6) is 0 Å². The molecular weight excluding hydrogens is 472 g/mol. The minimum Gasteiger partial charge on any atom is -0.456 e. The van der Waals surface area contributed by atoms with Gasteiger partial charge in [-0.1, -0.05) is 121 Å². The highest BCUT2D eigenvalue weighted by Crippen LogP contribution is 2.45. The van der Waals surface area contributed by atoms with E-state index >= 15 is 0 Å². The molecule has 0 aliphatic rings. The van der Waals surface area contributed by atoms with Crippen molar-refractivity contribution < 1.29 is 14.0 Å². The first kappa shape index (κ1) is 16.0. The van der Waals surface area contributed by atoms with E-state index in [1.54, 1.807) is 0 Å². The molecular formula is C38H24O. The fraction of sp³-hybridized carbons (Fsp3) is 0. The van der Waals surface area contributed by atoms with E-state index < -0.39 is 6.04 Å². The molecule has 0 N–H and O–H groups in total. The minimum atomic E-state index is -0.397. The summed E-state index contributed by atoms with van der Waals surface area (Å²) in [6, 6.07) is 30.1. The van der Waals surface area contributed by atoms with E-state index in [0.29, 0.717) is 44.4 Å². The molecule has 0 atom stereocenters. The molecule has 0 fully saturated rings. The SMILES string of the molecule is [2H]c1c([2H])c([2H])c2c(-c3ccccc3)c3c([2H])c(-c4ccccc4)c([2H])c([2H])c3c(-c3ccc4c(c3)oc3ccccc34)c2c1[2H]. The van der Waals surface area contributed by atoms with Crippen LogP contribution in [-0.4, -0.2) is 0 Å². The maximum absolute atomic E-state index is 9.65. The van der Waals surface area contributed by atoms with Crippen LogP contribution in [0.25, 0.3) is 76.9 Å². The number of benzene rings is 7. The summed E-state index contributed by atoms with van der Waals surface area (Å²) in [5, 5.41) is 2.94. The molecule has 1 heteroatoms. The maximum atomic E-state index is 9.65. The lowest BCUT2D eigenvalue weighted by Crippen LogP contribution is -1.91. The van der Waals surface area contributed by atoms with Crippen LogP contribution in [0.15, 0.2) is 150 Å². The monoisotopic (exact) mass is 503 g/mol. The minimum absolute atomic E-state index is 0.0152. The summed E-state index contributed by atoms with van der Waals surface area (Å²) in [7, 11) is 0. The van der Waals surface area contributed by atoms with Crippen molar-refractivity contribution in [1.29, 1.82) is 0 Å². The quantitative estimate of drug-likeness (QED) is 0.219. The van der Waals surface area contributed by atoms with Crippen molar-refractivity contribution in [2.45, 2.75) is 0 Å². The topological polar surface area (TPSA) is 13.1 Å². The first-order valence-electron chi connectivity index (χ1n) is 16.3. The molecule has 8 rings (SSSR count). The van der Waals surface area contributed by atoms with Gasteiger partial charge in [0.15, 0.2) is 0 Å². The Morgan fingerprint density at radius 3 is 1.79 bits per heavy atom. The van der Waals surface area contributed by atoms with Crippen molar-refractivity contribution in [3.8, 4) is 33.4 Å². The lowest BCUT2D eigenvalue weighted by atomic mass is 9.84. The lowest BCUT2D eigenvalue weighted by molar-refractivity contribution is 0.669. The summed E-state index contributed by atoms with van der Waals surface area (Å²) in [4.78, 5) is 0. The molecule has 182 valence electrons. The van der Waals surface area contributed by atoms with Crippen LogP contribution in [0.3, 0.4) is 0 Å². The zero-order chi connectivity index (χ0) is 31.9. The summed E-state index contributed by atoms with van der Waals surface area (Å²) in [5.74, 6) is 0. The third-order valence-corrected chi connectivity index (χ3v) is 7.29. The Hall–Kier alpha value is -5.14. The number of hydrogen-bond acceptors (Lipinski definition) is 1. The molecule has 0 amide bonds. The molecule has 0 saturated heterocycles. The molecule has 0 spiro atoms. The van der Waals surface area contributed by atoms with Gasteiger partial charge in [-0.2, -0.15) is 0 Å². The zero-order valence-electron chi connectivity index (χ0n) is 27.7. The van der Waals surface area contributed by atoms with Crippen molar-refractivity contribution in [2.75, 3.05) is 0 Å². The van der Waals surface area contributed by atoms with Gasteiger partial charge in [0.1, 0.15) is 11.2 Å². The average Bonchev–Trinajstić information content (AvgIpc) is 3.46. The Balaban J connectivity index is 1.66. The van der Waals surface area contributed by atoms with E-state index in [-0.39, 0.29) is 58.0 Å². The van der Waals surface area contributed by atoms with E-state index in [1.165, 1.54) is 0 Å². The Morgan fingerprint density at radius 1 is 0.410 bits per heavy atom. The Kier molecular flexibility index (Phi) is 3.57. The van der Waals surface area contributed by atoms with Crippen LogP contribution in [0.1, 0.15) is 9.60 Å². The number of fused-ring (bicyclic) bond motifs is 5. The van der Waals surface area contributed by atoms with Gasteiger partial charge >= 0.3 is 0 Å². The molecule has 0 bridgehead atoms. The van der Waals surface area contributed by atoms with Gasteiger partial charge in [0, 0.05) is 10.8 Å². The van der Waals surface area contributed by atoms with Gasteiger partial charge < -0.3 is 4.42 Å². The number of hydrogen-bond donors (Lipinski definition) is 0. The van der Waals surface area contributed by atoms with E-state index in [9.17, 15) is 6.85 Å². The predicted octanol–water partition coefficient (Wildman–Crippen LogP) is 10.9. The molecule has 0 radical (unpaired) electrons. The molecule has 0 aliphatic carbocycles. The lowest BCUT2D eigenvalue weighted by Gasteiger charge is -2.18.